The van der Waals surface area contributed by atoms with Gasteiger partial charge in [0.2, 0.25) is 0 Å². The standard InChI is InChI=1S/C17H22N2O2/c1-3-6-17(16(20)21)7-9-19(10-8-17)15-11-13(2)4-5-14(15)12-18/h4-5,11H,3,6-10H2,1-2H3,(H,20,21). The van der Waals surface area contributed by atoms with Gasteiger partial charge in [0, 0.05) is 13.1 Å². The molecule has 4 heteroatoms. The topological polar surface area (TPSA) is 64.3 Å². The van der Waals surface area contributed by atoms with Crippen molar-refractivity contribution >= 4 is 11.7 Å². The van der Waals surface area contributed by atoms with Crippen molar-refractivity contribution in [3.8, 4) is 6.07 Å². The number of carbonyl (C=O) groups is 1. The van der Waals surface area contributed by atoms with Crippen LogP contribution in [0.4, 0.5) is 5.69 Å². The molecule has 1 fully saturated rings. The van der Waals surface area contributed by atoms with Gasteiger partial charge in [-0.3, -0.25) is 4.79 Å². The van der Waals surface area contributed by atoms with Crippen LogP contribution in [-0.2, 0) is 4.79 Å². The summed E-state index contributed by atoms with van der Waals surface area (Å²) in [6.07, 6.45) is 2.92. The van der Waals surface area contributed by atoms with Gasteiger partial charge in [-0.1, -0.05) is 19.4 Å². The van der Waals surface area contributed by atoms with E-state index in [1.807, 2.05) is 32.0 Å². The number of aliphatic carboxylic acids is 1. The van der Waals surface area contributed by atoms with Crippen LogP contribution in [0.2, 0.25) is 0 Å². The number of hydrogen-bond donors (Lipinski definition) is 1. The Bertz CT molecular complexity index is 567. The number of carboxylic acid groups (broad SMARTS) is 1. The largest absolute Gasteiger partial charge is 0.481 e. The maximum Gasteiger partial charge on any atom is 0.309 e. The summed E-state index contributed by atoms with van der Waals surface area (Å²) in [6, 6.07) is 8.03. The zero-order valence-corrected chi connectivity index (χ0v) is 12.7. The zero-order chi connectivity index (χ0) is 15.5. The average molecular weight is 286 g/mol. The second-order valence-electron chi connectivity index (χ2n) is 5.95. The number of nitrogens with zero attached hydrogens (tertiary/aromatic N) is 2. The SMILES string of the molecule is CCCC1(C(=O)O)CCN(c2cc(C)ccc2C#N)CC1. The van der Waals surface area contributed by atoms with Crippen molar-refractivity contribution in [2.24, 2.45) is 5.41 Å². The van der Waals surface area contributed by atoms with Gasteiger partial charge in [-0.25, -0.2) is 0 Å². The van der Waals surface area contributed by atoms with Gasteiger partial charge in [0.15, 0.2) is 0 Å². The van der Waals surface area contributed by atoms with Crippen molar-refractivity contribution in [2.45, 2.75) is 39.5 Å². The molecular formula is C17H22N2O2. The molecule has 0 unspecified atom stereocenters. The summed E-state index contributed by atoms with van der Waals surface area (Å²) in [6.45, 7) is 5.44. The Morgan fingerprint density at radius 1 is 1.43 bits per heavy atom. The number of aryl methyl sites for hydroxylation is 1. The van der Waals surface area contributed by atoms with Crippen LogP contribution in [0.1, 0.15) is 43.7 Å². The summed E-state index contributed by atoms with van der Waals surface area (Å²) in [5, 5.41) is 18.8. The first-order chi connectivity index (χ1) is 10.0. The van der Waals surface area contributed by atoms with E-state index in [1.54, 1.807) is 0 Å². The number of nitriles is 1. The first kappa shape index (κ1) is 15.4. The molecule has 0 spiro atoms. The molecule has 1 aliphatic heterocycles. The summed E-state index contributed by atoms with van der Waals surface area (Å²) in [5.74, 6) is -0.672. The third-order valence-corrected chi connectivity index (χ3v) is 4.52. The number of rotatable bonds is 4. The first-order valence-electron chi connectivity index (χ1n) is 7.51. The molecular weight excluding hydrogens is 264 g/mol. The molecule has 21 heavy (non-hydrogen) atoms. The van der Waals surface area contributed by atoms with Crippen molar-refractivity contribution in [3.63, 3.8) is 0 Å². The predicted octanol–water partition coefficient (Wildman–Crippen LogP) is 3.34. The van der Waals surface area contributed by atoms with Crippen molar-refractivity contribution in [1.29, 1.82) is 5.26 Å². The molecule has 1 heterocycles. The van der Waals surface area contributed by atoms with E-state index in [2.05, 4.69) is 11.0 Å². The van der Waals surface area contributed by atoms with E-state index >= 15 is 0 Å². The van der Waals surface area contributed by atoms with Crippen molar-refractivity contribution in [3.05, 3.63) is 29.3 Å². The fraction of sp³-hybridized carbons (Fsp3) is 0.529. The number of piperidine rings is 1. The third-order valence-electron chi connectivity index (χ3n) is 4.52. The Morgan fingerprint density at radius 2 is 2.10 bits per heavy atom. The molecule has 1 N–H and O–H groups in total. The summed E-state index contributed by atoms with van der Waals surface area (Å²) in [4.78, 5) is 13.8. The van der Waals surface area contributed by atoms with Gasteiger partial charge in [-0.05, 0) is 43.9 Å². The third kappa shape index (κ3) is 3.02. The Morgan fingerprint density at radius 3 is 2.62 bits per heavy atom. The molecule has 2 rings (SSSR count). The Labute approximate surface area is 126 Å². The van der Waals surface area contributed by atoms with E-state index in [0.29, 0.717) is 31.5 Å². The predicted molar refractivity (Wildman–Crippen MR) is 82.3 cm³/mol. The van der Waals surface area contributed by atoms with Gasteiger partial charge in [0.05, 0.1) is 16.7 Å². The fourth-order valence-electron chi connectivity index (χ4n) is 3.22. The van der Waals surface area contributed by atoms with Gasteiger partial charge < -0.3 is 10.0 Å². The monoisotopic (exact) mass is 286 g/mol. The average Bonchev–Trinajstić information content (AvgIpc) is 2.48. The summed E-state index contributed by atoms with van der Waals surface area (Å²) in [5.41, 5.74) is 2.14. The second-order valence-corrected chi connectivity index (χ2v) is 5.95. The Hall–Kier alpha value is -2.02. The number of hydrogen-bond acceptors (Lipinski definition) is 3. The van der Waals surface area contributed by atoms with Gasteiger partial charge in [-0.2, -0.15) is 5.26 Å². The highest BCUT2D eigenvalue weighted by Gasteiger charge is 2.40. The molecule has 0 radical (unpaired) electrons. The van der Waals surface area contributed by atoms with Gasteiger partial charge >= 0.3 is 5.97 Å². The van der Waals surface area contributed by atoms with E-state index < -0.39 is 11.4 Å². The molecule has 0 aromatic heterocycles. The highest BCUT2D eigenvalue weighted by molar-refractivity contribution is 5.75. The Balaban J connectivity index is 2.19. The highest BCUT2D eigenvalue weighted by Crippen LogP contribution is 2.38. The van der Waals surface area contributed by atoms with Crippen LogP contribution in [-0.4, -0.2) is 24.2 Å². The van der Waals surface area contributed by atoms with Gasteiger partial charge in [0.25, 0.3) is 0 Å². The van der Waals surface area contributed by atoms with Crippen molar-refractivity contribution in [2.75, 3.05) is 18.0 Å². The van der Waals surface area contributed by atoms with Crippen LogP contribution in [0.3, 0.4) is 0 Å². The maximum atomic E-state index is 11.6. The number of carboxylic acids is 1. The molecule has 0 amide bonds. The van der Waals surface area contributed by atoms with Crippen LogP contribution in [0, 0.1) is 23.7 Å². The lowest BCUT2D eigenvalue weighted by Gasteiger charge is -2.40. The highest BCUT2D eigenvalue weighted by atomic mass is 16.4. The van der Waals surface area contributed by atoms with E-state index in [1.165, 1.54) is 0 Å². The lowest BCUT2D eigenvalue weighted by molar-refractivity contribution is -0.150. The van der Waals surface area contributed by atoms with Crippen LogP contribution < -0.4 is 4.90 Å². The minimum atomic E-state index is -0.672. The molecule has 0 atom stereocenters. The summed E-state index contributed by atoms with van der Waals surface area (Å²) >= 11 is 0. The van der Waals surface area contributed by atoms with Crippen molar-refractivity contribution in [1.82, 2.24) is 0 Å². The van der Waals surface area contributed by atoms with E-state index in [0.717, 1.165) is 24.1 Å². The molecule has 1 aromatic rings. The smallest absolute Gasteiger partial charge is 0.309 e. The molecule has 1 saturated heterocycles. The minimum Gasteiger partial charge on any atom is -0.481 e. The van der Waals surface area contributed by atoms with Crippen LogP contribution >= 0.6 is 0 Å². The quantitative estimate of drug-likeness (QED) is 0.922. The molecule has 1 aliphatic rings. The second kappa shape index (κ2) is 6.17. The van der Waals surface area contributed by atoms with Crippen LogP contribution in [0.5, 0.6) is 0 Å². The lowest BCUT2D eigenvalue weighted by Crippen LogP contribution is -2.44. The maximum absolute atomic E-state index is 11.6. The van der Waals surface area contributed by atoms with E-state index in [9.17, 15) is 15.2 Å². The van der Waals surface area contributed by atoms with Crippen molar-refractivity contribution < 1.29 is 9.90 Å². The lowest BCUT2D eigenvalue weighted by atomic mass is 9.75. The molecule has 0 aliphatic carbocycles. The minimum absolute atomic E-state index is 0.581. The molecule has 0 saturated carbocycles. The van der Waals surface area contributed by atoms with Gasteiger partial charge in [-0.15, -0.1) is 0 Å². The Kier molecular flexibility index (Phi) is 4.52. The van der Waals surface area contributed by atoms with E-state index in [-0.39, 0.29) is 0 Å². The zero-order valence-electron chi connectivity index (χ0n) is 12.7. The number of benzene rings is 1. The molecule has 0 bridgehead atoms. The molecule has 1 aromatic carbocycles. The summed E-state index contributed by atoms with van der Waals surface area (Å²) < 4.78 is 0. The molecule has 112 valence electrons. The summed E-state index contributed by atoms with van der Waals surface area (Å²) in [7, 11) is 0. The normalized spacial score (nSPS) is 17.3. The first-order valence-corrected chi connectivity index (χ1v) is 7.51. The van der Waals surface area contributed by atoms with Gasteiger partial charge in [0.1, 0.15) is 6.07 Å². The van der Waals surface area contributed by atoms with Crippen LogP contribution in [0.25, 0.3) is 0 Å². The van der Waals surface area contributed by atoms with E-state index in [4.69, 9.17) is 0 Å². The fourth-order valence-corrected chi connectivity index (χ4v) is 3.22. The number of anilines is 1. The van der Waals surface area contributed by atoms with Crippen LogP contribution in [0.15, 0.2) is 18.2 Å². The molecule has 4 nitrogen and oxygen atoms in total.